The molecular formula is C25H31N3O5S. The number of carbonyl (C=O) groups is 3. The van der Waals surface area contributed by atoms with Crippen LogP contribution in [0.1, 0.15) is 54.6 Å². The first-order valence-electron chi connectivity index (χ1n) is 11.5. The fraction of sp³-hybridized carbons (Fsp3) is 0.400. The van der Waals surface area contributed by atoms with Crippen LogP contribution in [-0.2, 0) is 26.2 Å². The summed E-state index contributed by atoms with van der Waals surface area (Å²) in [6, 6.07) is 13.0. The molecule has 1 aliphatic rings. The van der Waals surface area contributed by atoms with Crippen LogP contribution in [0.3, 0.4) is 0 Å². The summed E-state index contributed by atoms with van der Waals surface area (Å²) < 4.78 is 26.4. The maximum absolute atomic E-state index is 13.4. The first-order valence-corrected chi connectivity index (χ1v) is 12.9. The zero-order valence-electron chi connectivity index (χ0n) is 19.8. The molecule has 8 nitrogen and oxygen atoms in total. The zero-order valence-corrected chi connectivity index (χ0v) is 20.6. The van der Waals surface area contributed by atoms with Crippen LogP contribution in [0.25, 0.3) is 0 Å². The third kappa shape index (κ3) is 5.30. The quantitative estimate of drug-likeness (QED) is 0.557. The summed E-state index contributed by atoms with van der Waals surface area (Å²) >= 11 is 0. The number of sulfonamides is 1. The fourth-order valence-corrected chi connectivity index (χ4v) is 5.66. The molecule has 0 aromatic heterocycles. The van der Waals surface area contributed by atoms with Gasteiger partial charge in [0.05, 0.1) is 5.56 Å². The molecule has 1 heterocycles. The van der Waals surface area contributed by atoms with E-state index >= 15 is 0 Å². The first kappa shape index (κ1) is 25.4. The highest BCUT2D eigenvalue weighted by Crippen LogP contribution is 2.30. The van der Waals surface area contributed by atoms with Crippen molar-refractivity contribution in [2.24, 2.45) is 0 Å². The van der Waals surface area contributed by atoms with Crippen molar-refractivity contribution in [3.63, 3.8) is 0 Å². The number of hydrogen-bond acceptors (Lipinski definition) is 5. The van der Waals surface area contributed by atoms with Crippen LogP contribution in [0, 0.1) is 6.92 Å². The molecule has 1 N–H and O–H groups in total. The van der Waals surface area contributed by atoms with E-state index < -0.39 is 22.0 Å². The summed E-state index contributed by atoms with van der Waals surface area (Å²) in [5.41, 5.74) is 2.00. The fourth-order valence-electron chi connectivity index (χ4n) is 4.09. The van der Waals surface area contributed by atoms with E-state index in [4.69, 9.17) is 0 Å². The second kappa shape index (κ2) is 10.8. The number of rotatable bonds is 10. The Bertz CT molecular complexity index is 1180. The molecule has 2 aromatic rings. The summed E-state index contributed by atoms with van der Waals surface area (Å²) in [7, 11) is -4.00. The molecule has 0 bridgehead atoms. The molecule has 3 amide bonds. The molecule has 0 radical (unpaired) electrons. The van der Waals surface area contributed by atoms with Crippen LogP contribution in [0.5, 0.6) is 0 Å². The van der Waals surface area contributed by atoms with Gasteiger partial charge in [-0.15, -0.1) is 0 Å². The van der Waals surface area contributed by atoms with Gasteiger partial charge in [-0.1, -0.05) is 55.8 Å². The minimum Gasteiger partial charge on any atom is -0.354 e. The predicted molar refractivity (Wildman–Crippen MR) is 128 cm³/mol. The number of benzene rings is 2. The van der Waals surface area contributed by atoms with Gasteiger partial charge in [0.1, 0.15) is 10.9 Å². The lowest BCUT2D eigenvalue weighted by Crippen LogP contribution is -2.49. The summed E-state index contributed by atoms with van der Waals surface area (Å²) in [5, 5.41) is 2.85. The summed E-state index contributed by atoms with van der Waals surface area (Å²) in [5.74, 6) is -1.28. The number of hydrogen-bond donors (Lipinski definition) is 1. The Morgan fingerprint density at radius 2 is 1.82 bits per heavy atom. The number of amides is 3. The molecule has 3 rings (SSSR count). The van der Waals surface area contributed by atoms with Crippen molar-refractivity contribution in [3.8, 4) is 0 Å². The number of aryl methyl sites for hydroxylation is 1. The number of nitrogens with one attached hydrogen (secondary N) is 1. The van der Waals surface area contributed by atoms with Crippen molar-refractivity contribution < 1.29 is 22.8 Å². The third-order valence-electron chi connectivity index (χ3n) is 5.81. The lowest BCUT2D eigenvalue weighted by molar-refractivity contribution is -0.141. The van der Waals surface area contributed by atoms with Crippen molar-refractivity contribution >= 4 is 27.7 Å². The smallest absolute Gasteiger partial charge is 0.269 e. The highest BCUT2D eigenvalue weighted by molar-refractivity contribution is 7.90. The van der Waals surface area contributed by atoms with Crippen LogP contribution >= 0.6 is 0 Å². The number of fused-ring (bicyclic) bond motifs is 1. The molecule has 182 valence electrons. The zero-order chi connectivity index (χ0) is 24.9. The van der Waals surface area contributed by atoms with Crippen LogP contribution in [-0.4, -0.2) is 54.5 Å². The largest absolute Gasteiger partial charge is 0.354 e. The van der Waals surface area contributed by atoms with E-state index in [2.05, 4.69) is 5.32 Å². The van der Waals surface area contributed by atoms with Gasteiger partial charge in [-0.05, 0) is 37.5 Å². The summed E-state index contributed by atoms with van der Waals surface area (Å²) in [4.78, 5) is 40.3. The van der Waals surface area contributed by atoms with Crippen LogP contribution in [0.15, 0.2) is 53.4 Å². The van der Waals surface area contributed by atoms with Crippen molar-refractivity contribution in [3.05, 3.63) is 65.2 Å². The van der Waals surface area contributed by atoms with Gasteiger partial charge in [-0.25, -0.2) is 12.7 Å². The highest BCUT2D eigenvalue weighted by atomic mass is 32.2. The lowest BCUT2D eigenvalue weighted by Gasteiger charge is -2.31. The summed E-state index contributed by atoms with van der Waals surface area (Å²) in [6.45, 7) is 6.15. The highest BCUT2D eigenvalue weighted by Gasteiger charge is 2.41. The molecule has 1 atom stereocenters. The molecule has 0 spiro atoms. The monoisotopic (exact) mass is 485 g/mol. The van der Waals surface area contributed by atoms with Gasteiger partial charge >= 0.3 is 0 Å². The molecule has 0 aliphatic carbocycles. The van der Waals surface area contributed by atoms with E-state index in [0.717, 1.165) is 21.9 Å². The van der Waals surface area contributed by atoms with Gasteiger partial charge < -0.3 is 10.2 Å². The standard InChI is InChI=1S/C25H31N3O5S/c1-4-14-26-24(30)21(5-2)27(17-19-10-8-9-18(3)16-19)23(29)13-15-28-25(31)20-11-6-7-12-22(20)34(28,32)33/h6-12,16,21H,4-5,13-15,17H2,1-3H3,(H,26,30). The maximum Gasteiger partial charge on any atom is 0.269 e. The van der Waals surface area contributed by atoms with Crippen molar-refractivity contribution in [2.45, 2.75) is 57.5 Å². The van der Waals surface area contributed by atoms with E-state index in [1.54, 1.807) is 12.1 Å². The minimum atomic E-state index is -4.00. The van der Waals surface area contributed by atoms with Crippen LogP contribution in [0.2, 0.25) is 0 Å². The predicted octanol–water partition coefficient (Wildman–Crippen LogP) is 2.86. The van der Waals surface area contributed by atoms with Crippen molar-refractivity contribution in [1.82, 2.24) is 14.5 Å². The summed E-state index contributed by atoms with van der Waals surface area (Å²) in [6.07, 6.45) is 0.950. The Balaban J connectivity index is 1.82. The van der Waals surface area contributed by atoms with Gasteiger partial charge in [0.15, 0.2) is 0 Å². The van der Waals surface area contributed by atoms with E-state index in [9.17, 15) is 22.8 Å². The Kier molecular flexibility index (Phi) is 8.09. The second-order valence-corrected chi connectivity index (χ2v) is 10.2. The average molecular weight is 486 g/mol. The van der Waals surface area contributed by atoms with Gasteiger partial charge in [0.2, 0.25) is 11.8 Å². The van der Waals surface area contributed by atoms with E-state index in [1.807, 2.05) is 45.0 Å². The molecule has 0 saturated carbocycles. The van der Waals surface area contributed by atoms with Crippen LogP contribution in [0.4, 0.5) is 0 Å². The second-order valence-electron chi connectivity index (χ2n) is 8.35. The molecule has 34 heavy (non-hydrogen) atoms. The molecule has 0 fully saturated rings. The van der Waals surface area contributed by atoms with E-state index in [0.29, 0.717) is 13.0 Å². The molecule has 2 aromatic carbocycles. The van der Waals surface area contributed by atoms with Gasteiger partial charge in [-0.2, -0.15) is 0 Å². The average Bonchev–Trinajstić information content (AvgIpc) is 3.01. The third-order valence-corrected chi connectivity index (χ3v) is 7.65. The van der Waals surface area contributed by atoms with Gasteiger partial charge in [-0.3, -0.25) is 14.4 Å². The van der Waals surface area contributed by atoms with Gasteiger partial charge in [0.25, 0.3) is 15.9 Å². The SMILES string of the molecule is CCCNC(=O)C(CC)N(Cc1cccc(C)c1)C(=O)CCN1C(=O)c2ccccc2S1(=O)=O. The molecule has 0 saturated heterocycles. The molecule has 1 unspecified atom stereocenters. The lowest BCUT2D eigenvalue weighted by atomic mass is 10.1. The van der Waals surface area contributed by atoms with E-state index in [-0.39, 0.29) is 41.8 Å². The maximum atomic E-state index is 13.4. The Morgan fingerprint density at radius 3 is 2.47 bits per heavy atom. The number of carbonyl (C=O) groups excluding carboxylic acids is 3. The Morgan fingerprint density at radius 1 is 1.09 bits per heavy atom. The van der Waals surface area contributed by atoms with Crippen molar-refractivity contribution in [1.29, 1.82) is 0 Å². The minimum absolute atomic E-state index is 0.0468. The van der Waals surface area contributed by atoms with Gasteiger partial charge in [0, 0.05) is 26.1 Å². The Labute approximate surface area is 201 Å². The number of nitrogens with zero attached hydrogens (tertiary/aromatic N) is 2. The first-order chi connectivity index (χ1) is 16.2. The Hall–Kier alpha value is -3.20. The van der Waals surface area contributed by atoms with Crippen LogP contribution < -0.4 is 5.32 Å². The molecular weight excluding hydrogens is 454 g/mol. The normalized spacial score (nSPS) is 15.0. The van der Waals surface area contributed by atoms with E-state index in [1.165, 1.54) is 17.0 Å². The molecule has 9 heteroatoms. The van der Waals surface area contributed by atoms with Crippen molar-refractivity contribution in [2.75, 3.05) is 13.1 Å². The topological polar surface area (TPSA) is 104 Å². The molecule has 1 aliphatic heterocycles.